The summed E-state index contributed by atoms with van der Waals surface area (Å²) in [6.45, 7) is 2.00. The van der Waals surface area contributed by atoms with Crippen LogP contribution in [-0.2, 0) is 4.79 Å². The van der Waals surface area contributed by atoms with E-state index in [0.717, 1.165) is 23.5 Å². The van der Waals surface area contributed by atoms with E-state index in [1.165, 1.54) is 0 Å². The zero-order chi connectivity index (χ0) is 14.4. The summed E-state index contributed by atoms with van der Waals surface area (Å²) < 4.78 is 0. The van der Waals surface area contributed by atoms with Crippen LogP contribution in [0.5, 0.6) is 0 Å². The van der Waals surface area contributed by atoms with Crippen LogP contribution in [0.2, 0.25) is 0 Å². The quantitative estimate of drug-likeness (QED) is 0.881. The maximum absolute atomic E-state index is 11.8. The second kappa shape index (κ2) is 6.75. The standard InChI is InChI=1S/C17H20N2O/c1-3-9-17(20)18-15-12-7-8-13-16(15)19(2)14-10-5-4-6-11-14/h4-8,10-13H,3,9H2,1-2H3,(H,18,20). The molecular formula is C17H20N2O. The average Bonchev–Trinajstić information content (AvgIpc) is 2.48. The van der Waals surface area contributed by atoms with E-state index < -0.39 is 0 Å². The topological polar surface area (TPSA) is 32.3 Å². The maximum Gasteiger partial charge on any atom is 0.224 e. The van der Waals surface area contributed by atoms with Crippen LogP contribution >= 0.6 is 0 Å². The lowest BCUT2D eigenvalue weighted by Crippen LogP contribution is -2.16. The fourth-order valence-electron chi connectivity index (χ4n) is 2.10. The fraction of sp³-hybridized carbons (Fsp3) is 0.235. The molecule has 0 aliphatic rings. The molecule has 0 aliphatic carbocycles. The maximum atomic E-state index is 11.8. The minimum Gasteiger partial charge on any atom is -0.343 e. The van der Waals surface area contributed by atoms with Gasteiger partial charge in [-0.3, -0.25) is 4.79 Å². The van der Waals surface area contributed by atoms with Crippen molar-refractivity contribution >= 4 is 23.0 Å². The summed E-state index contributed by atoms with van der Waals surface area (Å²) in [7, 11) is 2.00. The highest BCUT2D eigenvalue weighted by Crippen LogP contribution is 2.30. The lowest BCUT2D eigenvalue weighted by molar-refractivity contribution is -0.116. The zero-order valence-corrected chi connectivity index (χ0v) is 12.0. The lowest BCUT2D eigenvalue weighted by Gasteiger charge is -2.22. The van der Waals surface area contributed by atoms with Crippen molar-refractivity contribution in [3.05, 3.63) is 54.6 Å². The average molecular weight is 268 g/mol. The number of hydrogen-bond acceptors (Lipinski definition) is 2. The van der Waals surface area contributed by atoms with Crippen LogP contribution in [0.15, 0.2) is 54.6 Å². The van der Waals surface area contributed by atoms with E-state index in [-0.39, 0.29) is 5.91 Å². The number of hydrogen-bond donors (Lipinski definition) is 1. The number of carbonyl (C=O) groups is 1. The molecule has 2 aromatic rings. The van der Waals surface area contributed by atoms with Gasteiger partial charge in [-0.1, -0.05) is 37.3 Å². The summed E-state index contributed by atoms with van der Waals surface area (Å²) in [5, 5.41) is 2.98. The first-order chi connectivity index (χ1) is 9.72. The van der Waals surface area contributed by atoms with Gasteiger partial charge in [0.05, 0.1) is 11.4 Å². The van der Waals surface area contributed by atoms with Crippen molar-refractivity contribution in [2.45, 2.75) is 19.8 Å². The van der Waals surface area contributed by atoms with Gasteiger partial charge < -0.3 is 10.2 Å². The van der Waals surface area contributed by atoms with Gasteiger partial charge in [0.15, 0.2) is 0 Å². The molecule has 1 N–H and O–H groups in total. The SMILES string of the molecule is CCCC(=O)Nc1ccccc1N(C)c1ccccc1. The molecule has 0 unspecified atom stereocenters. The van der Waals surface area contributed by atoms with Crippen LogP contribution in [0, 0.1) is 0 Å². The zero-order valence-electron chi connectivity index (χ0n) is 12.0. The molecule has 0 spiro atoms. The monoisotopic (exact) mass is 268 g/mol. The van der Waals surface area contributed by atoms with E-state index in [2.05, 4.69) is 10.2 Å². The molecule has 0 aromatic heterocycles. The predicted octanol–water partition coefficient (Wildman–Crippen LogP) is 4.19. The molecule has 3 heteroatoms. The van der Waals surface area contributed by atoms with Crippen molar-refractivity contribution < 1.29 is 4.79 Å². The van der Waals surface area contributed by atoms with Crippen LogP contribution in [0.25, 0.3) is 0 Å². The van der Waals surface area contributed by atoms with Gasteiger partial charge in [0.2, 0.25) is 5.91 Å². The number of carbonyl (C=O) groups excluding carboxylic acids is 1. The van der Waals surface area contributed by atoms with Crippen LogP contribution < -0.4 is 10.2 Å². The van der Waals surface area contributed by atoms with Crippen LogP contribution in [-0.4, -0.2) is 13.0 Å². The van der Waals surface area contributed by atoms with Crippen molar-refractivity contribution in [1.29, 1.82) is 0 Å². The van der Waals surface area contributed by atoms with Gasteiger partial charge in [-0.15, -0.1) is 0 Å². The first kappa shape index (κ1) is 14.1. The molecule has 0 saturated heterocycles. The number of benzene rings is 2. The Bertz CT molecular complexity index is 566. The van der Waals surface area contributed by atoms with Crippen molar-refractivity contribution in [2.75, 3.05) is 17.3 Å². The molecule has 3 nitrogen and oxygen atoms in total. The highest BCUT2D eigenvalue weighted by molar-refractivity contribution is 5.95. The van der Waals surface area contributed by atoms with Crippen LogP contribution in [0.3, 0.4) is 0 Å². The number of nitrogens with one attached hydrogen (secondary N) is 1. The van der Waals surface area contributed by atoms with Crippen LogP contribution in [0.4, 0.5) is 17.1 Å². The molecular weight excluding hydrogens is 248 g/mol. The van der Waals surface area contributed by atoms with Gasteiger partial charge in [-0.25, -0.2) is 0 Å². The smallest absolute Gasteiger partial charge is 0.224 e. The Labute approximate surface area is 120 Å². The van der Waals surface area contributed by atoms with Gasteiger partial charge >= 0.3 is 0 Å². The Morgan fingerprint density at radius 2 is 1.70 bits per heavy atom. The largest absolute Gasteiger partial charge is 0.343 e. The summed E-state index contributed by atoms with van der Waals surface area (Å²) in [5.74, 6) is 0.0569. The van der Waals surface area contributed by atoms with Gasteiger partial charge in [0.25, 0.3) is 0 Å². The molecule has 0 heterocycles. The Balaban J connectivity index is 2.25. The van der Waals surface area contributed by atoms with E-state index in [1.807, 2.05) is 68.6 Å². The Hall–Kier alpha value is -2.29. The van der Waals surface area contributed by atoms with Crippen LogP contribution in [0.1, 0.15) is 19.8 Å². The third kappa shape index (κ3) is 3.38. The first-order valence-electron chi connectivity index (χ1n) is 6.90. The van der Waals surface area contributed by atoms with Crippen molar-refractivity contribution in [1.82, 2.24) is 0 Å². The lowest BCUT2D eigenvalue weighted by atomic mass is 10.2. The molecule has 2 rings (SSSR count). The molecule has 0 saturated carbocycles. The molecule has 0 radical (unpaired) electrons. The number of anilines is 3. The predicted molar refractivity (Wildman–Crippen MR) is 84.5 cm³/mol. The van der Waals surface area contributed by atoms with E-state index in [4.69, 9.17) is 0 Å². The minimum absolute atomic E-state index is 0.0569. The van der Waals surface area contributed by atoms with Crippen molar-refractivity contribution in [3.8, 4) is 0 Å². The minimum atomic E-state index is 0.0569. The Kier molecular flexibility index (Phi) is 4.77. The molecule has 0 fully saturated rings. The summed E-state index contributed by atoms with van der Waals surface area (Å²) in [4.78, 5) is 13.9. The molecule has 0 aliphatic heterocycles. The molecule has 1 amide bonds. The Morgan fingerprint density at radius 3 is 2.40 bits per heavy atom. The number of nitrogens with zero attached hydrogens (tertiary/aromatic N) is 1. The summed E-state index contributed by atoms with van der Waals surface area (Å²) in [5.41, 5.74) is 2.92. The summed E-state index contributed by atoms with van der Waals surface area (Å²) >= 11 is 0. The number of amides is 1. The van der Waals surface area contributed by atoms with Gasteiger partial charge in [0, 0.05) is 19.2 Å². The second-order valence-corrected chi connectivity index (χ2v) is 4.71. The highest BCUT2D eigenvalue weighted by atomic mass is 16.1. The molecule has 2 aromatic carbocycles. The molecule has 0 bridgehead atoms. The molecule has 104 valence electrons. The summed E-state index contributed by atoms with van der Waals surface area (Å²) in [6, 6.07) is 17.9. The van der Waals surface area contributed by atoms with Gasteiger partial charge in [-0.2, -0.15) is 0 Å². The highest BCUT2D eigenvalue weighted by Gasteiger charge is 2.10. The van der Waals surface area contributed by atoms with Crippen molar-refractivity contribution in [3.63, 3.8) is 0 Å². The van der Waals surface area contributed by atoms with Gasteiger partial charge in [-0.05, 0) is 30.7 Å². The first-order valence-corrected chi connectivity index (χ1v) is 6.90. The van der Waals surface area contributed by atoms with E-state index in [9.17, 15) is 4.79 Å². The fourth-order valence-corrected chi connectivity index (χ4v) is 2.10. The van der Waals surface area contributed by atoms with E-state index in [1.54, 1.807) is 0 Å². The third-order valence-corrected chi connectivity index (χ3v) is 3.16. The second-order valence-electron chi connectivity index (χ2n) is 4.71. The summed E-state index contributed by atoms with van der Waals surface area (Å²) in [6.07, 6.45) is 1.39. The van der Waals surface area contributed by atoms with E-state index in [0.29, 0.717) is 6.42 Å². The van der Waals surface area contributed by atoms with Crippen molar-refractivity contribution in [2.24, 2.45) is 0 Å². The number of para-hydroxylation sites is 3. The Morgan fingerprint density at radius 1 is 1.05 bits per heavy atom. The number of rotatable bonds is 5. The molecule has 20 heavy (non-hydrogen) atoms. The normalized spacial score (nSPS) is 10.1. The van der Waals surface area contributed by atoms with Gasteiger partial charge in [0.1, 0.15) is 0 Å². The van der Waals surface area contributed by atoms with E-state index >= 15 is 0 Å². The third-order valence-electron chi connectivity index (χ3n) is 3.16. The molecule has 0 atom stereocenters.